The van der Waals surface area contributed by atoms with Gasteiger partial charge in [-0.2, -0.15) is 0 Å². The zero-order chi connectivity index (χ0) is 14.6. The minimum Gasteiger partial charge on any atom is -0.496 e. The van der Waals surface area contributed by atoms with Crippen molar-refractivity contribution < 1.29 is 9.53 Å². The van der Waals surface area contributed by atoms with Gasteiger partial charge in [-0.25, -0.2) is 0 Å². The third-order valence-corrected chi connectivity index (χ3v) is 2.95. The van der Waals surface area contributed by atoms with E-state index >= 15 is 0 Å². The predicted octanol–water partition coefficient (Wildman–Crippen LogP) is 1.91. The molecule has 4 nitrogen and oxygen atoms in total. The highest BCUT2D eigenvalue weighted by Crippen LogP contribution is 2.32. The van der Waals surface area contributed by atoms with Crippen molar-refractivity contribution in [3.63, 3.8) is 0 Å². The first-order chi connectivity index (χ1) is 8.74. The molecule has 0 atom stereocenters. The first-order valence-corrected chi connectivity index (χ1v) is 6.38. The maximum absolute atomic E-state index is 10.9. The SMILES string of the molecule is COc1ccc(CN(C)CC(N)=O)cc1C(C)(C)C. The second kappa shape index (κ2) is 6.06. The van der Waals surface area contributed by atoms with Crippen LogP contribution < -0.4 is 10.5 Å². The normalized spacial score (nSPS) is 11.7. The fourth-order valence-corrected chi connectivity index (χ4v) is 2.07. The molecular formula is C15H24N2O2. The van der Waals surface area contributed by atoms with Gasteiger partial charge in [0.15, 0.2) is 0 Å². The molecule has 0 aliphatic heterocycles. The molecule has 0 aliphatic rings. The molecule has 106 valence electrons. The van der Waals surface area contributed by atoms with Crippen LogP contribution in [0.2, 0.25) is 0 Å². The lowest BCUT2D eigenvalue weighted by Gasteiger charge is -2.24. The zero-order valence-electron chi connectivity index (χ0n) is 12.5. The Labute approximate surface area is 115 Å². The molecule has 0 aliphatic carbocycles. The van der Waals surface area contributed by atoms with Crippen molar-refractivity contribution >= 4 is 5.91 Å². The van der Waals surface area contributed by atoms with Crippen LogP contribution in [0.3, 0.4) is 0 Å². The Kier molecular flexibility index (Phi) is 4.95. The lowest BCUT2D eigenvalue weighted by molar-refractivity contribution is -0.118. The number of ether oxygens (including phenoxy) is 1. The number of rotatable bonds is 5. The highest BCUT2D eigenvalue weighted by Gasteiger charge is 2.19. The van der Waals surface area contributed by atoms with Gasteiger partial charge in [-0.3, -0.25) is 9.69 Å². The third-order valence-electron chi connectivity index (χ3n) is 2.95. The van der Waals surface area contributed by atoms with Crippen molar-refractivity contribution in [2.24, 2.45) is 5.73 Å². The van der Waals surface area contributed by atoms with E-state index in [-0.39, 0.29) is 17.9 Å². The number of primary amides is 1. The lowest BCUT2D eigenvalue weighted by atomic mass is 9.85. The van der Waals surface area contributed by atoms with E-state index in [2.05, 4.69) is 26.8 Å². The monoisotopic (exact) mass is 264 g/mol. The summed E-state index contributed by atoms with van der Waals surface area (Å²) in [4.78, 5) is 12.8. The van der Waals surface area contributed by atoms with Gasteiger partial charge in [0.2, 0.25) is 5.91 Å². The molecule has 0 fully saturated rings. The summed E-state index contributed by atoms with van der Waals surface area (Å²) in [6.07, 6.45) is 0. The highest BCUT2D eigenvalue weighted by atomic mass is 16.5. The Morgan fingerprint density at radius 2 is 2.00 bits per heavy atom. The number of hydrogen-bond acceptors (Lipinski definition) is 3. The van der Waals surface area contributed by atoms with Crippen LogP contribution >= 0.6 is 0 Å². The van der Waals surface area contributed by atoms with E-state index in [1.165, 1.54) is 5.56 Å². The summed E-state index contributed by atoms with van der Waals surface area (Å²) in [7, 11) is 3.56. The average Bonchev–Trinajstić information content (AvgIpc) is 2.26. The molecule has 0 spiro atoms. The summed E-state index contributed by atoms with van der Waals surface area (Å²) < 4.78 is 5.41. The quantitative estimate of drug-likeness (QED) is 0.884. The molecule has 0 bridgehead atoms. The number of likely N-dealkylation sites (N-methyl/N-ethyl adjacent to an activating group) is 1. The number of amides is 1. The Hall–Kier alpha value is -1.55. The third kappa shape index (κ3) is 4.56. The Balaban J connectivity index is 2.96. The second-order valence-corrected chi connectivity index (χ2v) is 5.92. The number of methoxy groups -OCH3 is 1. The van der Waals surface area contributed by atoms with Crippen LogP contribution in [0.15, 0.2) is 18.2 Å². The fourth-order valence-electron chi connectivity index (χ4n) is 2.07. The van der Waals surface area contributed by atoms with Gasteiger partial charge in [0.05, 0.1) is 13.7 Å². The van der Waals surface area contributed by atoms with Gasteiger partial charge in [0, 0.05) is 6.54 Å². The van der Waals surface area contributed by atoms with E-state index in [0.717, 1.165) is 11.3 Å². The topological polar surface area (TPSA) is 55.6 Å². The molecule has 0 saturated carbocycles. The molecular weight excluding hydrogens is 240 g/mol. The van der Waals surface area contributed by atoms with E-state index in [1.54, 1.807) is 7.11 Å². The first kappa shape index (κ1) is 15.5. The second-order valence-electron chi connectivity index (χ2n) is 5.92. The van der Waals surface area contributed by atoms with E-state index in [0.29, 0.717) is 6.54 Å². The Morgan fingerprint density at radius 1 is 1.37 bits per heavy atom. The minimum absolute atomic E-state index is 0.0175. The zero-order valence-corrected chi connectivity index (χ0v) is 12.5. The van der Waals surface area contributed by atoms with Crippen LogP contribution in [0.5, 0.6) is 5.75 Å². The Morgan fingerprint density at radius 3 is 2.47 bits per heavy atom. The summed E-state index contributed by atoms with van der Waals surface area (Å²) in [5, 5.41) is 0. The molecule has 0 heterocycles. The standard InChI is InChI=1S/C15H24N2O2/c1-15(2,3)12-8-11(6-7-13(12)19-5)9-17(4)10-14(16)18/h6-8H,9-10H2,1-5H3,(H2,16,18). The molecule has 0 saturated heterocycles. The first-order valence-electron chi connectivity index (χ1n) is 6.38. The predicted molar refractivity (Wildman–Crippen MR) is 77.2 cm³/mol. The van der Waals surface area contributed by atoms with Crippen LogP contribution in [0.4, 0.5) is 0 Å². The number of benzene rings is 1. The highest BCUT2D eigenvalue weighted by molar-refractivity contribution is 5.75. The van der Waals surface area contributed by atoms with Crippen LogP contribution in [0.25, 0.3) is 0 Å². The van der Waals surface area contributed by atoms with Gasteiger partial charge < -0.3 is 10.5 Å². The number of carbonyl (C=O) groups excluding carboxylic acids is 1. The van der Waals surface area contributed by atoms with Crippen molar-refractivity contribution in [2.75, 3.05) is 20.7 Å². The van der Waals surface area contributed by atoms with Gasteiger partial charge >= 0.3 is 0 Å². The minimum atomic E-state index is -0.313. The Bertz CT molecular complexity index is 450. The van der Waals surface area contributed by atoms with Gasteiger partial charge in [0.25, 0.3) is 0 Å². The molecule has 2 N–H and O–H groups in total. The van der Waals surface area contributed by atoms with Gasteiger partial charge in [0.1, 0.15) is 5.75 Å². The largest absolute Gasteiger partial charge is 0.496 e. The molecule has 1 amide bonds. The molecule has 1 aromatic rings. The van der Waals surface area contributed by atoms with Crippen LogP contribution in [0.1, 0.15) is 31.9 Å². The van der Waals surface area contributed by atoms with Gasteiger partial charge in [-0.05, 0) is 29.7 Å². The van der Waals surface area contributed by atoms with E-state index < -0.39 is 0 Å². The van der Waals surface area contributed by atoms with Crippen molar-refractivity contribution in [1.29, 1.82) is 0 Å². The number of nitrogens with zero attached hydrogens (tertiary/aromatic N) is 1. The lowest BCUT2D eigenvalue weighted by Crippen LogP contribution is -2.30. The molecule has 4 heteroatoms. The molecule has 0 radical (unpaired) electrons. The van der Waals surface area contributed by atoms with Gasteiger partial charge in [-0.1, -0.05) is 32.9 Å². The fraction of sp³-hybridized carbons (Fsp3) is 0.533. The summed E-state index contributed by atoms with van der Waals surface area (Å²) in [6, 6.07) is 6.13. The number of hydrogen-bond donors (Lipinski definition) is 1. The van der Waals surface area contributed by atoms with Crippen molar-refractivity contribution in [3.8, 4) is 5.75 Å². The van der Waals surface area contributed by atoms with E-state index in [9.17, 15) is 4.79 Å². The summed E-state index contributed by atoms with van der Waals surface area (Å²) in [5.41, 5.74) is 7.52. The number of nitrogens with two attached hydrogens (primary N) is 1. The summed E-state index contributed by atoms with van der Waals surface area (Å²) in [5.74, 6) is 0.584. The molecule has 0 aromatic heterocycles. The van der Waals surface area contributed by atoms with Crippen LogP contribution in [-0.2, 0) is 16.8 Å². The molecule has 1 aromatic carbocycles. The molecule has 0 unspecified atom stereocenters. The van der Waals surface area contributed by atoms with Crippen LogP contribution in [0, 0.1) is 0 Å². The average molecular weight is 264 g/mol. The maximum atomic E-state index is 10.9. The molecule has 19 heavy (non-hydrogen) atoms. The van der Waals surface area contributed by atoms with Crippen molar-refractivity contribution in [1.82, 2.24) is 4.90 Å². The number of carbonyl (C=O) groups is 1. The van der Waals surface area contributed by atoms with Gasteiger partial charge in [-0.15, -0.1) is 0 Å². The summed E-state index contributed by atoms with van der Waals surface area (Å²) in [6.45, 7) is 7.41. The van der Waals surface area contributed by atoms with Crippen LogP contribution in [-0.4, -0.2) is 31.5 Å². The van der Waals surface area contributed by atoms with Crippen molar-refractivity contribution in [2.45, 2.75) is 32.7 Å². The smallest absolute Gasteiger partial charge is 0.231 e. The van der Waals surface area contributed by atoms with E-state index in [1.807, 2.05) is 24.1 Å². The summed E-state index contributed by atoms with van der Waals surface area (Å²) >= 11 is 0. The molecule has 1 rings (SSSR count). The van der Waals surface area contributed by atoms with E-state index in [4.69, 9.17) is 10.5 Å². The maximum Gasteiger partial charge on any atom is 0.231 e. The van der Waals surface area contributed by atoms with Crippen molar-refractivity contribution in [3.05, 3.63) is 29.3 Å².